The molecule has 1 atom stereocenters. The Hall–Kier alpha value is -1.81. The Balaban J connectivity index is 2.04. The van der Waals surface area contributed by atoms with Crippen LogP contribution in [0.5, 0.6) is 0 Å². The highest BCUT2D eigenvalue weighted by Gasteiger charge is 2.13. The molecule has 1 aromatic heterocycles. The van der Waals surface area contributed by atoms with Crippen LogP contribution in [0.3, 0.4) is 0 Å². The van der Waals surface area contributed by atoms with Crippen LogP contribution in [0.25, 0.3) is 0 Å². The lowest BCUT2D eigenvalue weighted by Gasteiger charge is -2.15. The van der Waals surface area contributed by atoms with E-state index >= 15 is 0 Å². The maximum absolute atomic E-state index is 12.3. The molecule has 1 amide bonds. The van der Waals surface area contributed by atoms with Gasteiger partial charge in [-0.1, -0.05) is 6.07 Å². The van der Waals surface area contributed by atoms with Gasteiger partial charge < -0.3 is 10.6 Å². The number of benzene rings is 1. The van der Waals surface area contributed by atoms with Gasteiger partial charge in [0.15, 0.2) is 0 Å². The maximum atomic E-state index is 12.3. The van der Waals surface area contributed by atoms with Crippen LogP contribution in [-0.4, -0.2) is 19.0 Å². The second kappa shape index (κ2) is 6.57. The van der Waals surface area contributed by atoms with Crippen LogP contribution in [0.15, 0.2) is 35.0 Å². The standard InChI is InChI=1S/C16H20N2OS/c1-11-4-5-14(15(8-11)17-3)16(19)18-12(2)9-13-6-7-20-10-13/h4-8,10,12,17H,9H2,1-3H3,(H,18,19). The van der Waals surface area contributed by atoms with E-state index in [1.807, 2.05) is 39.1 Å². The largest absolute Gasteiger partial charge is 0.387 e. The van der Waals surface area contributed by atoms with Gasteiger partial charge in [0.05, 0.1) is 5.56 Å². The summed E-state index contributed by atoms with van der Waals surface area (Å²) in [5.41, 5.74) is 3.96. The lowest BCUT2D eigenvalue weighted by Crippen LogP contribution is -2.34. The minimum Gasteiger partial charge on any atom is -0.387 e. The van der Waals surface area contributed by atoms with Crippen LogP contribution in [0.1, 0.15) is 28.4 Å². The van der Waals surface area contributed by atoms with E-state index in [1.54, 1.807) is 11.3 Å². The van der Waals surface area contributed by atoms with Gasteiger partial charge in [-0.15, -0.1) is 0 Å². The van der Waals surface area contributed by atoms with Crippen molar-refractivity contribution in [2.75, 3.05) is 12.4 Å². The third-order valence-corrected chi connectivity index (χ3v) is 3.92. The van der Waals surface area contributed by atoms with E-state index in [9.17, 15) is 4.79 Å². The molecule has 0 aliphatic rings. The van der Waals surface area contributed by atoms with Gasteiger partial charge in [-0.25, -0.2) is 0 Å². The van der Waals surface area contributed by atoms with Crippen molar-refractivity contribution in [2.24, 2.45) is 0 Å². The summed E-state index contributed by atoms with van der Waals surface area (Å²) in [6.07, 6.45) is 0.857. The summed E-state index contributed by atoms with van der Waals surface area (Å²) in [5, 5.41) is 10.3. The zero-order valence-electron chi connectivity index (χ0n) is 12.1. The summed E-state index contributed by atoms with van der Waals surface area (Å²) in [6, 6.07) is 8.02. The van der Waals surface area contributed by atoms with Gasteiger partial charge in [0.25, 0.3) is 5.91 Å². The Kier molecular flexibility index (Phi) is 4.79. The van der Waals surface area contributed by atoms with E-state index in [1.165, 1.54) is 5.56 Å². The zero-order chi connectivity index (χ0) is 14.5. The second-order valence-corrected chi connectivity index (χ2v) is 5.79. The van der Waals surface area contributed by atoms with Gasteiger partial charge in [0.2, 0.25) is 0 Å². The number of rotatable bonds is 5. The quantitative estimate of drug-likeness (QED) is 0.884. The molecule has 0 aliphatic carbocycles. The first-order chi connectivity index (χ1) is 9.60. The number of hydrogen-bond acceptors (Lipinski definition) is 3. The van der Waals surface area contributed by atoms with E-state index < -0.39 is 0 Å². The molecule has 0 fully saturated rings. The molecule has 2 rings (SSSR count). The van der Waals surface area contributed by atoms with Gasteiger partial charge >= 0.3 is 0 Å². The highest BCUT2D eigenvalue weighted by atomic mass is 32.1. The van der Waals surface area contributed by atoms with E-state index in [2.05, 4.69) is 27.5 Å². The van der Waals surface area contributed by atoms with Crippen molar-refractivity contribution >= 4 is 22.9 Å². The summed E-state index contributed by atoms with van der Waals surface area (Å²) < 4.78 is 0. The van der Waals surface area contributed by atoms with Crippen LogP contribution in [0, 0.1) is 6.92 Å². The molecule has 0 spiro atoms. The molecule has 2 aromatic rings. The highest BCUT2D eigenvalue weighted by molar-refractivity contribution is 7.07. The molecule has 0 aliphatic heterocycles. The third kappa shape index (κ3) is 3.61. The Morgan fingerprint density at radius 1 is 1.35 bits per heavy atom. The lowest BCUT2D eigenvalue weighted by atomic mass is 10.1. The second-order valence-electron chi connectivity index (χ2n) is 5.01. The average molecular weight is 288 g/mol. The number of carbonyl (C=O) groups excluding carboxylic acids is 1. The molecule has 1 aromatic carbocycles. The molecule has 0 bridgehead atoms. The summed E-state index contributed by atoms with van der Waals surface area (Å²) in [7, 11) is 1.83. The molecule has 2 N–H and O–H groups in total. The monoisotopic (exact) mass is 288 g/mol. The predicted octanol–water partition coefficient (Wildman–Crippen LogP) is 3.46. The minimum absolute atomic E-state index is 0.0305. The van der Waals surface area contributed by atoms with E-state index in [-0.39, 0.29) is 11.9 Å². The summed E-state index contributed by atoms with van der Waals surface area (Å²) >= 11 is 1.68. The molecule has 3 nitrogen and oxygen atoms in total. The minimum atomic E-state index is -0.0305. The first kappa shape index (κ1) is 14.6. The number of amides is 1. The molecule has 106 valence electrons. The molecule has 1 unspecified atom stereocenters. The van der Waals surface area contributed by atoms with Gasteiger partial charge in [0.1, 0.15) is 0 Å². The molecule has 0 saturated heterocycles. The fraction of sp³-hybridized carbons (Fsp3) is 0.312. The Morgan fingerprint density at radius 3 is 2.80 bits per heavy atom. The number of aryl methyl sites for hydroxylation is 1. The Labute approximate surface area is 124 Å². The smallest absolute Gasteiger partial charge is 0.253 e. The van der Waals surface area contributed by atoms with Gasteiger partial charge in [-0.2, -0.15) is 11.3 Å². The van der Waals surface area contributed by atoms with Crippen molar-refractivity contribution in [3.63, 3.8) is 0 Å². The van der Waals surface area contributed by atoms with Crippen molar-refractivity contribution in [1.82, 2.24) is 5.32 Å². The highest BCUT2D eigenvalue weighted by Crippen LogP contribution is 2.17. The summed E-state index contributed by atoms with van der Waals surface area (Å²) in [5.74, 6) is -0.0305. The van der Waals surface area contributed by atoms with Crippen molar-refractivity contribution in [2.45, 2.75) is 26.3 Å². The van der Waals surface area contributed by atoms with Crippen LogP contribution in [-0.2, 0) is 6.42 Å². The Morgan fingerprint density at radius 2 is 2.15 bits per heavy atom. The first-order valence-corrected chi connectivity index (χ1v) is 7.64. The van der Waals surface area contributed by atoms with Gasteiger partial charge in [-0.05, 0) is 60.4 Å². The van der Waals surface area contributed by atoms with Crippen LogP contribution in [0.4, 0.5) is 5.69 Å². The fourth-order valence-electron chi connectivity index (χ4n) is 2.18. The molecule has 1 heterocycles. The average Bonchev–Trinajstić information content (AvgIpc) is 2.90. The SMILES string of the molecule is CNc1cc(C)ccc1C(=O)NC(C)Cc1ccsc1. The zero-order valence-corrected chi connectivity index (χ0v) is 12.9. The number of hydrogen-bond donors (Lipinski definition) is 2. The topological polar surface area (TPSA) is 41.1 Å². The predicted molar refractivity (Wildman–Crippen MR) is 85.7 cm³/mol. The van der Waals surface area contributed by atoms with E-state index in [4.69, 9.17) is 0 Å². The molecular weight excluding hydrogens is 268 g/mol. The van der Waals surface area contributed by atoms with Gasteiger partial charge in [0, 0.05) is 18.8 Å². The number of thiophene rings is 1. The third-order valence-electron chi connectivity index (χ3n) is 3.19. The molecular formula is C16H20N2OS. The van der Waals surface area contributed by atoms with Crippen LogP contribution in [0.2, 0.25) is 0 Å². The molecule has 0 saturated carbocycles. The normalized spacial score (nSPS) is 11.9. The van der Waals surface area contributed by atoms with Crippen molar-refractivity contribution in [1.29, 1.82) is 0 Å². The Bertz CT molecular complexity index is 578. The van der Waals surface area contributed by atoms with Gasteiger partial charge in [-0.3, -0.25) is 4.79 Å². The molecule has 4 heteroatoms. The number of nitrogens with one attached hydrogen (secondary N) is 2. The fourth-order valence-corrected chi connectivity index (χ4v) is 2.86. The summed E-state index contributed by atoms with van der Waals surface area (Å²) in [6.45, 7) is 4.05. The van der Waals surface area contributed by atoms with E-state index in [0.29, 0.717) is 5.56 Å². The van der Waals surface area contributed by atoms with E-state index in [0.717, 1.165) is 17.7 Å². The van der Waals surface area contributed by atoms with Crippen LogP contribution >= 0.6 is 11.3 Å². The van der Waals surface area contributed by atoms with Crippen molar-refractivity contribution in [3.8, 4) is 0 Å². The maximum Gasteiger partial charge on any atom is 0.253 e. The lowest BCUT2D eigenvalue weighted by molar-refractivity contribution is 0.0941. The number of carbonyl (C=O) groups is 1. The first-order valence-electron chi connectivity index (χ1n) is 6.70. The number of anilines is 1. The summed E-state index contributed by atoms with van der Waals surface area (Å²) in [4.78, 5) is 12.3. The molecule has 20 heavy (non-hydrogen) atoms. The van der Waals surface area contributed by atoms with Crippen LogP contribution < -0.4 is 10.6 Å². The van der Waals surface area contributed by atoms with Crippen molar-refractivity contribution in [3.05, 3.63) is 51.7 Å². The van der Waals surface area contributed by atoms with Crippen molar-refractivity contribution < 1.29 is 4.79 Å². The molecule has 0 radical (unpaired) electrons.